The van der Waals surface area contributed by atoms with E-state index in [0.717, 1.165) is 22.0 Å². The van der Waals surface area contributed by atoms with Gasteiger partial charge in [-0.05, 0) is 37.1 Å². The van der Waals surface area contributed by atoms with Crippen LogP contribution in [0.1, 0.15) is 16.1 Å². The number of carbonyl (C=O) groups is 1. The van der Waals surface area contributed by atoms with E-state index in [1.807, 2.05) is 18.4 Å². The quantitative estimate of drug-likeness (QED) is 0.933. The summed E-state index contributed by atoms with van der Waals surface area (Å²) < 4.78 is 5.40. The van der Waals surface area contributed by atoms with Crippen molar-refractivity contribution in [2.75, 3.05) is 7.11 Å². The van der Waals surface area contributed by atoms with Gasteiger partial charge in [-0.15, -0.1) is 11.3 Å². The van der Waals surface area contributed by atoms with Gasteiger partial charge in [-0.2, -0.15) is 0 Å². The molecular weight excluding hydrogens is 260 g/mol. The Balaban J connectivity index is 2.43. The van der Waals surface area contributed by atoms with Crippen LogP contribution in [0, 0.1) is 13.8 Å². The van der Waals surface area contributed by atoms with Gasteiger partial charge in [0.05, 0.1) is 19.2 Å². The van der Waals surface area contributed by atoms with E-state index in [2.05, 4.69) is 18.0 Å². The van der Waals surface area contributed by atoms with Crippen LogP contribution in [0.2, 0.25) is 0 Å². The monoisotopic (exact) mass is 276 g/mol. The van der Waals surface area contributed by atoms with E-state index in [-0.39, 0.29) is 12.3 Å². The van der Waals surface area contributed by atoms with Gasteiger partial charge >= 0.3 is 0 Å². The third-order valence-electron chi connectivity index (χ3n) is 2.97. The normalized spacial score (nSPS) is 10.5. The minimum absolute atomic E-state index is 0.178. The summed E-state index contributed by atoms with van der Waals surface area (Å²) in [6.07, 6.45) is 0.178. The van der Waals surface area contributed by atoms with E-state index in [4.69, 9.17) is 10.5 Å². The number of hydrogen-bond donors (Lipinski definition) is 1. The van der Waals surface area contributed by atoms with Gasteiger partial charge < -0.3 is 10.5 Å². The van der Waals surface area contributed by atoms with Crippen molar-refractivity contribution in [2.24, 2.45) is 5.73 Å². The summed E-state index contributed by atoms with van der Waals surface area (Å²) in [5.41, 5.74) is 9.29. The molecule has 1 heterocycles. The Morgan fingerprint density at radius 1 is 1.37 bits per heavy atom. The molecule has 0 aliphatic rings. The highest BCUT2D eigenvalue weighted by molar-refractivity contribution is 7.10. The van der Waals surface area contributed by atoms with Gasteiger partial charge in [-0.1, -0.05) is 0 Å². The van der Waals surface area contributed by atoms with Gasteiger partial charge in [0.1, 0.15) is 10.8 Å². The van der Waals surface area contributed by atoms with Crippen LogP contribution in [-0.4, -0.2) is 18.0 Å². The van der Waals surface area contributed by atoms with Crippen LogP contribution in [-0.2, 0) is 11.2 Å². The maximum atomic E-state index is 10.9. The Morgan fingerprint density at radius 3 is 2.68 bits per heavy atom. The molecule has 0 fully saturated rings. The fraction of sp³-hybridized carbons (Fsp3) is 0.286. The zero-order chi connectivity index (χ0) is 14.0. The Kier molecular flexibility index (Phi) is 3.85. The van der Waals surface area contributed by atoms with Crippen molar-refractivity contribution >= 4 is 17.2 Å². The number of methoxy groups -OCH3 is 1. The van der Waals surface area contributed by atoms with Crippen LogP contribution < -0.4 is 10.5 Å². The molecule has 2 N–H and O–H groups in total. The van der Waals surface area contributed by atoms with Crippen molar-refractivity contribution in [3.05, 3.63) is 33.6 Å². The van der Waals surface area contributed by atoms with Gasteiger partial charge in [0.25, 0.3) is 0 Å². The molecule has 0 unspecified atom stereocenters. The summed E-state index contributed by atoms with van der Waals surface area (Å²) in [5, 5.41) is 2.65. The molecule has 4 nitrogen and oxygen atoms in total. The molecule has 2 rings (SSSR count). The number of thiazole rings is 1. The summed E-state index contributed by atoms with van der Waals surface area (Å²) in [5.74, 6) is 0.423. The van der Waals surface area contributed by atoms with Crippen molar-refractivity contribution in [3.8, 4) is 17.0 Å². The van der Waals surface area contributed by atoms with Crippen molar-refractivity contribution in [1.82, 2.24) is 4.98 Å². The highest BCUT2D eigenvalue weighted by Gasteiger charge is 2.12. The van der Waals surface area contributed by atoms with E-state index in [9.17, 15) is 4.79 Å². The van der Waals surface area contributed by atoms with Crippen LogP contribution >= 0.6 is 11.3 Å². The number of nitrogens with zero attached hydrogens (tertiary/aromatic N) is 1. The second-order valence-corrected chi connectivity index (χ2v) is 5.35. The standard InChI is InChI=1S/C14H16N2O2S/c1-8-4-10(12(18-3)5-9(8)2)11-7-19-14(16-11)6-13(15)17/h4-5,7H,6H2,1-3H3,(H2,15,17). The lowest BCUT2D eigenvalue weighted by molar-refractivity contribution is -0.117. The molecule has 5 heteroatoms. The fourth-order valence-corrected chi connectivity index (χ4v) is 2.63. The summed E-state index contributed by atoms with van der Waals surface area (Å²) in [7, 11) is 1.64. The van der Waals surface area contributed by atoms with E-state index in [0.29, 0.717) is 0 Å². The van der Waals surface area contributed by atoms with E-state index in [1.54, 1.807) is 7.11 Å². The number of aromatic nitrogens is 1. The van der Waals surface area contributed by atoms with Gasteiger partial charge in [0.2, 0.25) is 5.91 Å². The molecule has 0 bridgehead atoms. The van der Waals surface area contributed by atoms with Crippen molar-refractivity contribution in [3.63, 3.8) is 0 Å². The Hall–Kier alpha value is -1.88. The molecule has 0 saturated heterocycles. The lowest BCUT2D eigenvalue weighted by Crippen LogP contribution is -2.13. The van der Waals surface area contributed by atoms with Crippen LogP contribution in [0.4, 0.5) is 0 Å². The van der Waals surface area contributed by atoms with Crippen molar-refractivity contribution in [2.45, 2.75) is 20.3 Å². The zero-order valence-electron chi connectivity index (χ0n) is 11.2. The number of benzene rings is 1. The van der Waals surface area contributed by atoms with Gasteiger partial charge in [0, 0.05) is 10.9 Å². The molecule has 1 amide bonds. The predicted octanol–water partition coefficient (Wildman–Crippen LogP) is 2.46. The van der Waals surface area contributed by atoms with Crippen LogP contribution in [0.3, 0.4) is 0 Å². The predicted molar refractivity (Wildman–Crippen MR) is 76.5 cm³/mol. The SMILES string of the molecule is COc1cc(C)c(C)cc1-c1csc(CC(N)=O)n1. The molecule has 0 radical (unpaired) electrons. The molecule has 2 aromatic rings. The number of ether oxygens (including phenoxy) is 1. The topological polar surface area (TPSA) is 65.2 Å². The maximum absolute atomic E-state index is 10.9. The first kappa shape index (κ1) is 13.5. The van der Waals surface area contributed by atoms with Crippen LogP contribution in [0.5, 0.6) is 5.75 Å². The minimum Gasteiger partial charge on any atom is -0.496 e. The first-order valence-electron chi connectivity index (χ1n) is 5.89. The smallest absolute Gasteiger partial charge is 0.224 e. The molecular formula is C14H16N2O2S. The highest BCUT2D eigenvalue weighted by Crippen LogP contribution is 2.33. The third-order valence-corrected chi connectivity index (χ3v) is 3.82. The number of aryl methyl sites for hydroxylation is 2. The molecule has 100 valence electrons. The molecule has 0 aliphatic heterocycles. The van der Waals surface area contributed by atoms with Gasteiger partial charge in [0.15, 0.2) is 0 Å². The summed E-state index contributed by atoms with van der Waals surface area (Å²) in [4.78, 5) is 15.3. The van der Waals surface area contributed by atoms with Crippen molar-refractivity contribution < 1.29 is 9.53 Å². The van der Waals surface area contributed by atoms with Gasteiger partial charge in [-0.3, -0.25) is 4.79 Å². The minimum atomic E-state index is -0.368. The third kappa shape index (κ3) is 2.93. The lowest BCUT2D eigenvalue weighted by Gasteiger charge is -2.10. The van der Waals surface area contributed by atoms with E-state index in [1.165, 1.54) is 22.5 Å². The first-order valence-corrected chi connectivity index (χ1v) is 6.77. The number of nitrogens with two attached hydrogens (primary N) is 1. The Bertz CT molecular complexity index is 620. The Labute approximate surface area is 116 Å². The van der Waals surface area contributed by atoms with E-state index < -0.39 is 0 Å². The number of amides is 1. The summed E-state index contributed by atoms with van der Waals surface area (Å²) >= 11 is 1.43. The molecule has 1 aromatic carbocycles. The number of primary amides is 1. The molecule has 1 aromatic heterocycles. The van der Waals surface area contributed by atoms with Crippen molar-refractivity contribution in [1.29, 1.82) is 0 Å². The second-order valence-electron chi connectivity index (χ2n) is 4.41. The van der Waals surface area contributed by atoms with Crippen LogP contribution in [0.25, 0.3) is 11.3 Å². The molecule has 19 heavy (non-hydrogen) atoms. The maximum Gasteiger partial charge on any atom is 0.224 e. The zero-order valence-corrected chi connectivity index (χ0v) is 12.0. The van der Waals surface area contributed by atoms with E-state index >= 15 is 0 Å². The molecule has 0 saturated carbocycles. The lowest BCUT2D eigenvalue weighted by atomic mass is 10.0. The second kappa shape index (κ2) is 5.40. The van der Waals surface area contributed by atoms with Crippen LogP contribution in [0.15, 0.2) is 17.5 Å². The number of rotatable bonds is 4. The van der Waals surface area contributed by atoms with Gasteiger partial charge in [-0.25, -0.2) is 4.98 Å². The number of hydrogen-bond acceptors (Lipinski definition) is 4. The largest absolute Gasteiger partial charge is 0.496 e. The molecule has 0 spiro atoms. The summed E-state index contributed by atoms with van der Waals surface area (Å²) in [6, 6.07) is 4.05. The highest BCUT2D eigenvalue weighted by atomic mass is 32.1. The molecule has 0 atom stereocenters. The fourth-order valence-electron chi connectivity index (χ4n) is 1.82. The Morgan fingerprint density at radius 2 is 2.05 bits per heavy atom. The number of carbonyl (C=O) groups excluding carboxylic acids is 1. The average molecular weight is 276 g/mol. The molecule has 0 aliphatic carbocycles. The first-order chi connectivity index (χ1) is 9.01. The summed E-state index contributed by atoms with van der Waals surface area (Å²) in [6.45, 7) is 4.09. The average Bonchev–Trinajstić information content (AvgIpc) is 2.79.